The van der Waals surface area contributed by atoms with Crippen molar-refractivity contribution in [3.8, 4) is 5.75 Å². The second-order valence-corrected chi connectivity index (χ2v) is 5.17. The standard InChI is InChI=1S/C19H21NO2/c1-3-21-17-11-7-10-15-16(17)12-13-8-5-6-9-14(13)18(15)19(20)22-4-2/h5-12,19H,3-4,20H2,1-2H3. The molecule has 0 aromatic heterocycles. The maximum absolute atomic E-state index is 6.30. The van der Waals surface area contributed by atoms with Crippen molar-refractivity contribution in [2.24, 2.45) is 5.73 Å². The Bertz CT molecular complexity index is 798. The molecule has 0 saturated heterocycles. The lowest BCUT2D eigenvalue weighted by Gasteiger charge is -2.19. The molecule has 3 aromatic carbocycles. The van der Waals surface area contributed by atoms with Crippen molar-refractivity contribution in [3.63, 3.8) is 0 Å². The molecular formula is C19H21NO2. The molecule has 1 unspecified atom stereocenters. The summed E-state index contributed by atoms with van der Waals surface area (Å²) in [6, 6.07) is 16.5. The summed E-state index contributed by atoms with van der Waals surface area (Å²) >= 11 is 0. The van der Waals surface area contributed by atoms with Gasteiger partial charge in [-0.3, -0.25) is 0 Å². The fourth-order valence-electron chi connectivity index (χ4n) is 2.95. The molecular weight excluding hydrogens is 274 g/mol. The van der Waals surface area contributed by atoms with E-state index < -0.39 is 6.23 Å². The Morgan fingerprint density at radius 1 is 0.909 bits per heavy atom. The topological polar surface area (TPSA) is 44.5 Å². The van der Waals surface area contributed by atoms with E-state index in [-0.39, 0.29) is 0 Å². The lowest BCUT2D eigenvalue weighted by Crippen LogP contribution is -2.15. The number of hydrogen-bond acceptors (Lipinski definition) is 3. The highest BCUT2D eigenvalue weighted by Crippen LogP contribution is 2.36. The first kappa shape index (κ1) is 14.8. The van der Waals surface area contributed by atoms with Crippen LogP contribution in [0.15, 0.2) is 48.5 Å². The lowest BCUT2D eigenvalue weighted by atomic mass is 9.95. The van der Waals surface area contributed by atoms with Gasteiger partial charge in [-0.15, -0.1) is 0 Å². The van der Waals surface area contributed by atoms with Gasteiger partial charge in [0.1, 0.15) is 12.0 Å². The predicted octanol–water partition coefficient (Wildman–Crippen LogP) is 4.39. The van der Waals surface area contributed by atoms with Gasteiger partial charge in [0.2, 0.25) is 0 Å². The van der Waals surface area contributed by atoms with Gasteiger partial charge in [-0.25, -0.2) is 0 Å². The molecule has 1 atom stereocenters. The monoisotopic (exact) mass is 295 g/mol. The van der Waals surface area contributed by atoms with Gasteiger partial charge in [0.15, 0.2) is 0 Å². The van der Waals surface area contributed by atoms with Crippen molar-refractivity contribution in [2.45, 2.75) is 20.1 Å². The van der Waals surface area contributed by atoms with Crippen LogP contribution in [0, 0.1) is 0 Å². The van der Waals surface area contributed by atoms with Crippen LogP contribution in [0.25, 0.3) is 21.5 Å². The molecule has 0 fully saturated rings. The maximum Gasteiger partial charge on any atom is 0.132 e. The Morgan fingerprint density at radius 3 is 2.45 bits per heavy atom. The Labute approximate surface area is 130 Å². The molecule has 0 amide bonds. The molecule has 3 aromatic rings. The quantitative estimate of drug-likeness (QED) is 0.561. The Balaban J connectivity index is 2.37. The first-order valence-corrected chi connectivity index (χ1v) is 7.70. The van der Waals surface area contributed by atoms with Crippen LogP contribution in [0.4, 0.5) is 0 Å². The lowest BCUT2D eigenvalue weighted by molar-refractivity contribution is 0.0695. The van der Waals surface area contributed by atoms with Gasteiger partial charge in [-0.1, -0.05) is 36.4 Å². The molecule has 3 heteroatoms. The van der Waals surface area contributed by atoms with E-state index in [0.717, 1.165) is 32.9 Å². The third kappa shape index (κ3) is 2.54. The van der Waals surface area contributed by atoms with Crippen LogP contribution < -0.4 is 10.5 Å². The number of nitrogens with two attached hydrogens (primary N) is 1. The second-order valence-electron chi connectivity index (χ2n) is 5.17. The minimum atomic E-state index is -0.449. The average molecular weight is 295 g/mol. The summed E-state index contributed by atoms with van der Waals surface area (Å²) < 4.78 is 11.5. The van der Waals surface area contributed by atoms with E-state index in [1.165, 1.54) is 0 Å². The Kier molecular flexibility index (Phi) is 4.27. The highest BCUT2D eigenvalue weighted by molar-refractivity contribution is 6.04. The summed E-state index contributed by atoms with van der Waals surface area (Å²) in [5.41, 5.74) is 7.32. The van der Waals surface area contributed by atoms with Crippen LogP contribution in [0.2, 0.25) is 0 Å². The number of hydrogen-bond donors (Lipinski definition) is 1. The van der Waals surface area contributed by atoms with Crippen LogP contribution in [-0.2, 0) is 4.74 Å². The molecule has 114 valence electrons. The van der Waals surface area contributed by atoms with Crippen LogP contribution in [0.5, 0.6) is 5.75 Å². The maximum atomic E-state index is 6.30. The molecule has 0 radical (unpaired) electrons. The molecule has 0 saturated carbocycles. The summed E-state index contributed by atoms with van der Waals surface area (Å²) in [5.74, 6) is 0.885. The molecule has 0 spiro atoms. The Hall–Kier alpha value is -2.10. The first-order chi connectivity index (χ1) is 10.8. The SMILES string of the molecule is CCOc1cccc2c(C(N)OCC)c3ccccc3cc12. The zero-order valence-electron chi connectivity index (χ0n) is 13.0. The molecule has 0 heterocycles. The summed E-state index contributed by atoms with van der Waals surface area (Å²) in [5, 5.41) is 4.44. The van der Waals surface area contributed by atoms with Crippen molar-refractivity contribution in [2.75, 3.05) is 13.2 Å². The van der Waals surface area contributed by atoms with Gasteiger partial charge in [0.05, 0.1) is 6.61 Å². The van der Waals surface area contributed by atoms with E-state index in [0.29, 0.717) is 13.2 Å². The first-order valence-electron chi connectivity index (χ1n) is 7.70. The molecule has 0 bridgehead atoms. The van der Waals surface area contributed by atoms with Gasteiger partial charge < -0.3 is 15.2 Å². The highest BCUT2D eigenvalue weighted by Gasteiger charge is 2.16. The third-order valence-electron chi connectivity index (χ3n) is 3.84. The number of ether oxygens (including phenoxy) is 2. The smallest absolute Gasteiger partial charge is 0.132 e. The zero-order chi connectivity index (χ0) is 15.5. The van der Waals surface area contributed by atoms with E-state index in [1.54, 1.807) is 0 Å². The zero-order valence-corrected chi connectivity index (χ0v) is 13.0. The van der Waals surface area contributed by atoms with Crippen LogP contribution in [0.3, 0.4) is 0 Å². The van der Waals surface area contributed by atoms with Gasteiger partial charge in [-0.2, -0.15) is 0 Å². The van der Waals surface area contributed by atoms with Gasteiger partial charge in [-0.05, 0) is 42.1 Å². The molecule has 0 aliphatic rings. The van der Waals surface area contributed by atoms with Gasteiger partial charge in [0.25, 0.3) is 0 Å². The second kappa shape index (κ2) is 6.34. The van der Waals surface area contributed by atoms with E-state index in [2.05, 4.69) is 24.3 Å². The third-order valence-corrected chi connectivity index (χ3v) is 3.84. The summed E-state index contributed by atoms with van der Waals surface area (Å²) in [6.07, 6.45) is -0.449. The minimum absolute atomic E-state index is 0.449. The largest absolute Gasteiger partial charge is 0.493 e. The van der Waals surface area contributed by atoms with Gasteiger partial charge in [0, 0.05) is 17.6 Å². The number of fused-ring (bicyclic) bond motifs is 2. The van der Waals surface area contributed by atoms with E-state index in [4.69, 9.17) is 15.2 Å². The average Bonchev–Trinajstić information content (AvgIpc) is 2.53. The van der Waals surface area contributed by atoms with Crippen molar-refractivity contribution in [3.05, 3.63) is 54.1 Å². The fourth-order valence-corrected chi connectivity index (χ4v) is 2.95. The molecule has 22 heavy (non-hydrogen) atoms. The van der Waals surface area contributed by atoms with E-state index >= 15 is 0 Å². The van der Waals surface area contributed by atoms with E-state index in [9.17, 15) is 0 Å². The van der Waals surface area contributed by atoms with E-state index in [1.807, 2.05) is 38.1 Å². The van der Waals surface area contributed by atoms with Crippen LogP contribution >= 0.6 is 0 Å². The summed E-state index contributed by atoms with van der Waals surface area (Å²) in [4.78, 5) is 0. The summed E-state index contributed by atoms with van der Waals surface area (Å²) in [7, 11) is 0. The van der Waals surface area contributed by atoms with Crippen LogP contribution in [0.1, 0.15) is 25.6 Å². The summed E-state index contributed by atoms with van der Waals surface area (Å²) in [6.45, 7) is 5.17. The van der Waals surface area contributed by atoms with Crippen molar-refractivity contribution in [1.82, 2.24) is 0 Å². The van der Waals surface area contributed by atoms with Gasteiger partial charge >= 0.3 is 0 Å². The Morgan fingerprint density at radius 2 is 1.68 bits per heavy atom. The molecule has 3 nitrogen and oxygen atoms in total. The van der Waals surface area contributed by atoms with Crippen molar-refractivity contribution in [1.29, 1.82) is 0 Å². The molecule has 0 aliphatic heterocycles. The van der Waals surface area contributed by atoms with Crippen molar-refractivity contribution < 1.29 is 9.47 Å². The highest BCUT2D eigenvalue weighted by atomic mass is 16.5. The molecule has 0 aliphatic carbocycles. The molecule has 3 rings (SSSR count). The normalized spacial score (nSPS) is 12.7. The number of benzene rings is 3. The van der Waals surface area contributed by atoms with Crippen molar-refractivity contribution >= 4 is 21.5 Å². The van der Waals surface area contributed by atoms with Crippen LogP contribution in [-0.4, -0.2) is 13.2 Å². The predicted molar refractivity (Wildman–Crippen MR) is 91.2 cm³/mol. The molecule has 2 N–H and O–H groups in total. The fraction of sp³-hybridized carbons (Fsp3) is 0.263. The number of rotatable bonds is 5. The minimum Gasteiger partial charge on any atom is -0.493 e.